The molecule has 0 atom stereocenters. The first-order valence-corrected chi connectivity index (χ1v) is 19.5. The van der Waals surface area contributed by atoms with Crippen LogP contribution in [0.4, 0.5) is 0 Å². The Kier molecular flexibility index (Phi) is 6.93. The van der Waals surface area contributed by atoms with E-state index in [0.717, 1.165) is 49.9 Å². The average molecular weight is 727 g/mol. The summed E-state index contributed by atoms with van der Waals surface area (Å²) in [6.45, 7) is 0. The number of aromatic nitrogens is 2. The van der Waals surface area contributed by atoms with Crippen molar-refractivity contribution in [3.05, 3.63) is 206 Å². The first-order chi connectivity index (χ1) is 28.3. The summed E-state index contributed by atoms with van der Waals surface area (Å²) in [5, 5.41) is 7.12. The van der Waals surface area contributed by atoms with E-state index in [-0.39, 0.29) is 0 Å². The van der Waals surface area contributed by atoms with Crippen molar-refractivity contribution in [3.63, 3.8) is 0 Å². The minimum atomic E-state index is 0.881. The molecule has 12 aromatic rings. The molecule has 0 saturated heterocycles. The van der Waals surface area contributed by atoms with Gasteiger partial charge in [0.25, 0.3) is 0 Å². The Balaban J connectivity index is 1.15. The van der Waals surface area contributed by atoms with E-state index in [1.165, 1.54) is 60.4 Å². The Hall–Kier alpha value is -7.62. The zero-order valence-corrected chi connectivity index (χ0v) is 30.9. The molecule has 0 spiro atoms. The van der Waals surface area contributed by atoms with Gasteiger partial charge in [-0.25, -0.2) is 0 Å². The van der Waals surface area contributed by atoms with Gasteiger partial charge < -0.3 is 13.6 Å². The minimum Gasteiger partial charge on any atom is -0.454 e. The van der Waals surface area contributed by atoms with Crippen LogP contribution < -0.4 is 0 Å². The molecule has 9 aromatic carbocycles. The summed E-state index contributed by atoms with van der Waals surface area (Å²) in [6.07, 6.45) is 0. The van der Waals surface area contributed by atoms with Crippen molar-refractivity contribution in [3.8, 4) is 44.8 Å². The molecule has 0 fully saturated rings. The van der Waals surface area contributed by atoms with Crippen molar-refractivity contribution in [1.82, 2.24) is 9.13 Å². The van der Waals surface area contributed by atoms with E-state index in [9.17, 15) is 0 Å². The second kappa shape index (κ2) is 12.5. The van der Waals surface area contributed by atoms with Gasteiger partial charge in [-0.15, -0.1) is 0 Å². The number of nitrogens with zero attached hydrogens (tertiary/aromatic N) is 2. The van der Waals surface area contributed by atoms with Gasteiger partial charge in [-0.2, -0.15) is 0 Å². The first-order valence-electron chi connectivity index (χ1n) is 19.5. The van der Waals surface area contributed by atoms with Crippen molar-refractivity contribution in [2.75, 3.05) is 0 Å². The van der Waals surface area contributed by atoms with E-state index in [1.54, 1.807) is 0 Å². The third-order valence-electron chi connectivity index (χ3n) is 11.7. The zero-order valence-electron chi connectivity index (χ0n) is 30.9. The number of furan rings is 1. The minimum absolute atomic E-state index is 0.881. The Morgan fingerprint density at radius 2 is 0.825 bits per heavy atom. The van der Waals surface area contributed by atoms with E-state index < -0.39 is 0 Å². The van der Waals surface area contributed by atoms with Gasteiger partial charge in [-0.1, -0.05) is 152 Å². The fourth-order valence-electron chi connectivity index (χ4n) is 9.25. The number of rotatable bonds is 5. The van der Waals surface area contributed by atoms with Crippen LogP contribution in [-0.4, -0.2) is 9.13 Å². The molecular weight excluding hydrogens is 693 g/mol. The molecule has 0 bridgehead atoms. The Labute approximate surface area is 328 Å². The molecule has 12 rings (SSSR count). The molecule has 57 heavy (non-hydrogen) atoms. The van der Waals surface area contributed by atoms with Crippen molar-refractivity contribution < 1.29 is 4.42 Å². The van der Waals surface area contributed by atoms with Gasteiger partial charge in [0.1, 0.15) is 5.58 Å². The highest BCUT2D eigenvalue weighted by Crippen LogP contribution is 2.46. The lowest BCUT2D eigenvalue weighted by molar-refractivity contribution is 0.666. The number of para-hydroxylation sites is 3. The maximum Gasteiger partial charge on any atom is 0.159 e. The SMILES string of the molecule is c1ccc(-c2cccc(-n3c4ccccc4c4c(-c5cccc6c5c5ccccc5n6-c5cc(-c6ccccc6)cc6c5oc5ccccc56)cccc43)c2)cc1. The average Bonchev–Trinajstić information content (AvgIpc) is 3.95. The quantitative estimate of drug-likeness (QED) is 0.173. The molecule has 3 heterocycles. The van der Waals surface area contributed by atoms with Crippen LogP contribution in [0.5, 0.6) is 0 Å². The molecule has 0 aliphatic carbocycles. The molecule has 3 nitrogen and oxygen atoms in total. The summed E-state index contributed by atoms with van der Waals surface area (Å²) in [5.41, 5.74) is 15.7. The zero-order chi connectivity index (χ0) is 37.5. The van der Waals surface area contributed by atoms with E-state index >= 15 is 0 Å². The first kappa shape index (κ1) is 31.7. The molecule has 0 saturated carbocycles. The molecule has 0 N–H and O–H groups in total. The van der Waals surface area contributed by atoms with Crippen LogP contribution >= 0.6 is 0 Å². The molecule has 0 amide bonds. The van der Waals surface area contributed by atoms with Gasteiger partial charge in [0, 0.05) is 38.0 Å². The van der Waals surface area contributed by atoms with Gasteiger partial charge in [0.15, 0.2) is 5.58 Å². The largest absolute Gasteiger partial charge is 0.454 e. The lowest BCUT2D eigenvalue weighted by Gasteiger charge is -2.13. The third kappa shape index (κ3) is 4.79. The van der Waals surface area contributed by atoms with Gasteiger partial charge in [0.2, 0.25) is 0 Å². The van der Waals surface area contributed by atoms with E-state index in [2.05, 4.69) is 209 Å². The van der Waals surface area contributed by atoms with Gasteiger partial charge in [-0.05, 0) is 88.0 Å². The standard InChI is InChI=1S/C54H34N2O/c1-3-16-35(17-4-1)37-20-13-21-39(32-37)55-46-27-10-7-23-43(46)52-41(25-14-29-48(52)55)42-26-15-30-49-53(42)44-24-8-11-28-47(44)56(49)50-34-38(36-18-5-2-6-19-36)33-45-40-22-9-12-31-51(40)57-54(45)50/h1-34H. The molecule has 3 aromatic heterocycles. The molecule has 0 aliphatic heterocycles. The fourth-order valence-corrected chi connectivity index (χ4v) is 9.25. The van der Waals surface area contributed by atoms with Crippen LogP contribution in [0.1, 0.15) is 0 Å². The maximum atomic E-state index is 6.77. The summed E-state index contributed by atoms with van der Waals surface area (Å²) in [4.78, 5) is 0. The van der Waals surface area contributed by atoms with Crippen LogP contribution in [-0.2, 0) is 0 Å². The topological polar surface area (TPSA) is 23.0 Å². The van der Waals surface area contributed by atoms with E-state index in [0.29, 0.717) is 0 Å². The molecule has 3 heteroatoms. The lowest BCUT2D eigenvalue weighted by atomic mass is 9.95. The van der Waals surface area contributed by atoms with Crippen molar-refractivity contribution >= 4 is 65.6 Å². The molecule has 0 radical (unpaired) electrons. The second-order valence-electron chi connectivity index (χ2n) is 14.9. The normalized spacial score (nSPS) is 11.9. The Bertz CT molecular complexity index is 3510. The van der Waals surface area contributed by atoms with E-state index in [1.807, 2.05) is 6.07 Å². The highest BCUT2D eigenvalue weighted by molar-refractivity contribution is 6.23. The van der Waals surface area contributed by atoms with Crippen LogP contribution in [0.2, 0.25) is 0 Å². The maximum absolute atomic E-state index is 6.77. The molecule has 266 valence electrons. The van der Waals surface area contributed by atoms with Crippen molar-refractivity contribution in [2.24, 2.45) is 0 Å². The monoisotopic (exact) mass is 726 g/mol. The Morgan fingerprint density at radius 1 is 0.316 bits per heavy atom. The molecule has 0 aliphatic rings. The lowest BCUT2D eigenvalue weighted by Crippen LogP contribution is -1.96. The predicted octanol–water partition coefficient (Wildman–Crippen LogP) is 14.8. The fraction of sp³-hybridized carbons (Fsp3) is 0. The molecular formula is C54H34N2O. The van der Waals surface area contributed by atoms with Gasteiger partial charge >= 0.3 is 0 Å². The number of hydrogen-bond acceptors (Lipinski definition) is 1. The predicted molar refractivity (Wildman–Crippen MR) is 239 cm³/mol. The summed E-state index contributed by atoms with van der Waals surface area (Å²) in [7, 11) is 0. The van der Waals surface area contributed by atoms with Crippen LogP contribution in [0.3, 0.4) is 0 Å². The highest BCUT2D eigenvalue weighted by atomic mass is 16.3. The number of fused-ring (bicyclic) bond motifs is 9. The van der Waals surface area contributed by atoms with Crippen LogP contribution in [0.25, 0.3) is 110 Å². The summed E-state index contributed by atoms with van der Waals surface area (Å²) >= 11 is 0. The number of hydrogen-bond donors (Lipinski definition) is 0. The molecule has 0 unspecified atom stereocenters. The van der Waals surface area contributed by atoms with Crippen LogP contribution in [0.15, 0.2) is 211 Å². The Morgan fingerprint density at radius 3 is 1.51 bits per heavy atom. The second-order valence-corrected chi connectivity index (χ2v) is 14.9. The van der Waals surface area contributed by atoms with Gasteiger partial charge in [-0.3, -0.25) is 0 Å². The summed E-state index contributed by atoms with van der Waals surface area (Å²) in [6, 6.07) is 74.4. The summed E-state index contributed by atoms with van der Waals surface area (Å²) < 4.78 is 11.6. The number of benzene rings is 9. The van der Waals surface area contributed by atoms with Crippen LogP contribution in [0, 0.1) is 0 Å². The summed E-state index contributed by atoms with van der Waals surface area (Å²) in [5.74, 6) is 0. The van der Waals surface area contributed by atoms with Crippen molar-refractivity contribution in [2.45, 2.75) is 0 Å². The van der Waals surface area contributed by atoms with Crippen molar-refractivity contribution in [1.29, 1.82) is 0 Å². The highest BCUT2D eigenvalue weighted by Gasteiger charge is 2.23. The third-order valence-corrected chi connectivity index (χ3v) is 11.7. The van der Waals surface area contributed by atoms with Gasteiger partial charge in [0.05, 0.1) is 27.8 Å². The van der Waals surface area contributed by atoms with E-state index in [4.69, 9.17) is 4.42 Å². The smallest absolute Gasteiger partial charge is 0.159 e.